The van der Waals surface area contributed by atoms with Crippen molar-refractivity contribution in [2.45, 2.75) is 12.5 Å². The summed E-state index contributed by atoms with van der Waals surface area (Å²) < 4.78 is 0. The summed E-state index contributed by atoms with van der Waals surface area (Å²) in [7, 11) is 0. The molecule has 1 saturated heterocycles. The number of benzene rings is 1. The van der Waals surface area contributed by atoms with Crippen LogP contribution in [0.1, 0.15) is 16.8 Å². The number of nitrogens with two attached hydrogens (primary N) is 1. The SMILES string of the molecule is N[C@@H]1CCN(C(=O)c2cccc3ncccc23)C1. The third kappa shape index (κ3) is 1.84. The first-order valence-corrected chi connectivity index (χ1v) is 6.14. The van der Waals surface area contributed by atoms with E-state index in [-0.39, 0.29) is 11.9 Å². The number of hydrogen-bond donors (Lipinski definition) is 1. The molecule has 0 spiro atoms. The van der Waals surface area contributed by atoms with Gasteiger partial charge in [-0.2, -0.15) is 0 Å². The summed E-state index contributed by atoms with van der Waals surface area (Å²) in [6.07, 6.45) is 2.62. The molecule has 1 aromatic carbocycles. The molecule has 18 heavy (non-hydrogen) atoms. The van der Waals surface area contributed by atoms with Gasteiger partial charge in [-0.05, 0) is 24.6 Å². The molecule has 0 radical (unpaired) electrons. The van der Waals surface area contributed by atoms with Crippen molar-refractivity contribution in [3.63, 3.8) is 0 Å². The number of amides is 1. The first-order chi connectivity index (χ1) is 8.75. The molecule has 0 unspecified atom stereocenters. The third-order valence-electron chi connectivity index (χ3n) is 3.39. The number of carbonyl (C=O) groups excluding carboxylic acids is 1. The van der Waals surface area contributed by atoms with Crippen LogP contribution in [0.15, 0.2) is 36.5 Å². The maximum absolute atomic E-state index is 12.4. The number of nitrogens with zero attached hydrogens (tertiary/aromatic N) is 2. The van der Waals surface area contributed by atoms with Gasteiger partial charge < -0.3 is 10.6 Å². The van der Waals surface area contributed by atoms with Crippen LogP contribution in [0.3, 0.4) is 0 Å². The lowest BCUT2D eigenvalue weighted by atomic mass is 10.1. The molecular weight excluding hydrogens is 226 g/mol. The molecule has 3 rings (SSSR count). The number of carbonyl (C=O) groups is 1. The lowest BCUT2D eigenvalue weighted by Gasteiger charge is -2.16. The average molecular weight is 241 g/mol. The number of pyridine rings is 1. The maximum atomic E-state index is 12.4. The predicted molar refractivity (Wildman–Crippen MR) is 70.2 cm³/mol. The van der Waals surface area contributed by atoms with E-state index in [9.17, 15) is 4.79 Å². The normalized spacial score (nSPS) is 19.4. The van der Waals surface area contributed by atoms with Gasteiger partial charge in [-0.25, -0.2) is 0 Å². The van der Waals surface area contributed by atoms with Crippen molar-refractivity contribution in [1.29, 1.82) is 0 Å². The predicted octanol–water partition coefficient (Wildman–Crippen LogP) is 1.41. The van der Waals surface area contributed by atoms with Gasteiger partial charge in [0.15, 0.2) is 0 Å². The quantitative estimate of drug-likeness (QED) is 0.821. The Morgan fingerprint density at radius 1 is 1.33 bits per heavy atom. The summed E-state index contributed by atoms with van der Waals surface area (Å²) in [6.45, 7) is 1.39. The topological polar surface area (TPSA) is 59.2 Å². The molecule has 1 aliphatic heterocycles. The third-order valence-corrected chi connectivity index (χ3v) is 3.39. The van der Waals surface area contributed by atoms with E-state index in [1.807, 2.05) is 35.2 Å². The van der Waals surface area contributed by atoms with Crippen molar-refractivity contribution >= 4 is 16.8 Å². The molecule has 0 saturated carbocycles. The molecule has 2 N–H and O–H groups in total. The van der Waals surface area contributed by atoms with Gasteiger partial charge in [0.1, 0.15) is 0 Å². The van der Waals surface area contributed by atoms with E-state index in [0.29, 0.717) is 6.54 Å². The fraction of sp³-hybridized carbons (Fsp3) is 0.286. The number of rotatable bonds is 1. The lowest BCUT2D eigenvalue weighted by molar-refractivity contribution is 0.0793. The molecule has 4 heteroatoms. The highest BCUT2D eigenvalue weighted by Gasteiger charge is 2.25. The maximum Gasteiger partial charge on any atom is 0.254 e. The summed E-state index contributed by atoms with van der Waals surface area (Å²) in [6, 6.07) is 9.55. The van der Waals surface area contributed by atoms with E-state index in [1.165, 1.54) is 0 Å². The Kier molecular flexibility index (Phi) is 2.72. The molecule has 2 heterocycles. The van der Waals surface area contributed by atoms with Crippen LogP contribution in [0.5, 0.6) is 0 Å². The van der Waals surface area contributed by atoms with Crippen LogP contribution in [0.25, 0.3) is 10.9 Å². The summed E-state index contributed by atoms with van der Waals surface area (Å²) in [5.74, 6) is 0.0570. The van der Waals surface area contributed by atoms with E-state index in [1.54, 1.807) is 6.20 Å². The first kappa shape index (κ1) is 11.2. The second-order valence-electron chi connectivity index (χ2n) is 4.68. The summed E-state index contributed by atoms with van der Waals surface area (Å²) in [5.41, 5.74) is 7.42. The summed E-state index contributed by atoms with van der Waals surface area (Å²) in [4.78, 5) is 18.5. The van der Waals surface area contributed by atoms with Crippen LogP contribution in [0, 0.1) is 0 Å². The zero-order chi connectivity index (χ0) is 12.5. The molecule has 1 aromatic heterocycles. The van der Waals surface area contributed by atoms with Gasteiger partial charge in [-0.1, -0.05) is 12.1 Å². The van der Waals surface area contributed by atoms with Crippen molar-refractivity contribution in [2.24, 2.45) is 5.73 Å². The minimum absolute atomic E-state index is 0.0570. The first-order valence-electron chi connectivity index (χ1n) is 6.14. The molecule has 1 fully saturated rings. The number of hydrogen-bond acceptors (Lipinski definition) is 3. The second kappa shape index (κ2) is 4.38. The van der Waals surface area contributed by atoms with Crippen LogP contribution in [-0.2, 0) is 0 Å². The smallest absolute Gasteiger partial charge is 0.254 e. The number of likely N-dealkylation sites (tertiary alicyclic amines) is 1. The Morgan fingerprint density at radius 3 is 3.00 bits per heavy atom. The van der Waals surface area contributed by atoms with Crippen molar-refractivity contribution < 1.29 is 4.79 Å². The average Bonchev–Trinajstić information content (AvgIpc) is 2.84. The Balaban J connectivity index is 2.01. The van der Waals surface area contributed by atoms with E-state index in [0.717, 1.165) is 29.4 Å². The zero-order valence-electron chi connectivity index (χ0n) is 10.0. The van der Waals surface area contributed by atoms with Crippen LogP contribution in [0.4, 0.5) is 0 Å². The molecular formula is C14H15N3O. The van der Waals surface area contributed by atoms with Crippen LogP contribution in [0.2, 0.25) is 0 Å². The minimum Gasteiger partial charge on any atom is -0.337 e. The Bertz CT molecular complexity index is 591. The van der Waals surface area contributed by atoms with Gasteiger partial charge in [0.2, 0.25) is 0 Å². The van der Waals surface area contributed by atoms with Crippen molar-refractivity contribution in [1.82, 2.24) is 9.88 Å². The number of fused-ring (bicyclic) bond motifs is 1. The van der Waals surface area contributed by atoms with E-state index < -0.39 is 0 Å². The monoisotopic (exact) mass is 241 g/mol. The highest BCUT2D eigenvalue weighted by molar-refractivity contribution is 6.06. The highest BCUT2D eigenvalue weighted by atomic mass is 16.2. The van der Waals surface area contributed by atoms with Gasteiger partial charge in [-0.15, -0.1) is 0 Å². The van der Waals surface area contributed by atoms with Crippen molar-refractivity contribution in [3.8, 4) is 0 Å². The summed E-state index contributed by atoms with van der Waals surface area (Å²) in [5, 5.41) is 0.908. The summed E-state index contributed by atoms with van der Waals surface area (Å²) >= 11 is 0. The fourth-order valence-corrected chi connectivity index (χ4v) is 2.43. The van der Waals surface area contributed by atoms with Crippen molar-refractivity contribution in [2.75, 3.05) is 13.1 Å². The van der Waals surface area contributed by atoms with E-state index >= 15 is 0 Å². The van der Waals surface area contributed by atoms with Gasteiger partial charge in [0.25, 0.3) is 5.91 Å². The van der Waals surface area contributed by atoms with Crippen LogP contribution < -0.4 is 5.73 Å². The van der Waals surface area contributed by atoms with Crippen LogP contribution >= 0.6 is 0 Å². The van der Waals surface area contributed by atoms with Gasteiger partial charge in [0, 0.05) is 36.3 Å². The fourth-order valence-electron chi connectivity index (χ4n) is 2.43. The van der Waals surface area contributed by atoms with Gasteiger partial charge in [0.05, 0.1) is 5.52 Å². The van der Waals surface area contributed by atoms with Crippen molar-refractivity contribution in [3.05, 3.63) is 42.1 Å². The molecule has 92 valence electrons. The van der Waals surface area contributed by atoms with E-state index in [4.69, 9.17) is 5.73 Å². The molecule has 1 aliphatic rings. The second-order valence-corrected chi connectivity index (χ2v) is 4.68. The Labute approximate surface area is 105 Å². The minimum atomic E-state index is 0.0570. The molecule has 1 amide bonds. The van der Waals surface area contributed by atoms with Gasteiger partial charge >= 0.3 is 0 Å². The van der Waals surface area contributed by atoms with Gasteiger partial charge in [-0.3, -0.25) is 9.78 Å². The molecule has 2 aromatic rings. The van der Waals surface area contributed by atoms with E-state index in [2.05, 4.69) is 4.98 Å². The Hall–Kier alpha value is -1.94. The molecule has 0 bridgehead atoms. The number of aromatic nitrogens is 1. The zero-order valence-corrected chi connectivity index (χ0v) is 10.0. The molecule has 0 aliphatic carbocycles. The largest absolute Gasteiger partial charge is 0.337 e. The lowest BCUT2D eigenvalue weighted by Crippen LogP contribution is -2.31. The van der Waals surface area contributed by atoms with Crippen LogP contribution in [-0.4, -0.2) is 34.9 Å². The molecule has 4 nitrogen and oxygen atoms in total. The standard InChI is InChI=1S/C14H15N3O/c15-10-6-8-17(9-10)14(18)12-3-1-5-13-11(12)4-2-7-16-13/h1-5,7,10H,6,8-9,15H2/t10-/m1/s1. The highest BCUT2D eigenvalue weighted by Crippen LogP contribution is 2.20. The Morgan fingerprint density at radius 2 is 2.22 bits per heavy atom. The molecule has 1 atom stereocenters.